The van der Waals surface area contributed by atoms with Crippen molar-refractivity contribution in [1.29, 1.82) is 0 Å². The van der Waals surface area contributed by atoms with Crippen LogP contribution >= 0.6 is 11.3 Å². The van der Waals surface area contributed by atoms with Crippen LogP contribution in [-0.4, -0.2) is 18.5 Å². The van der Waals surface area contributed by atoms with Crippen LogP contribution in [0.25, 0.3) is 0 Å². The average molecular weight is 260 g/mol. The predicted octanol–water partition coefficient (Wildman–Crippen LogP) is 2.28. The van der Waals surface area contributed by atoms with Crippen molar-refractivity contribution in [3.05, 3.63) is 46.0 Å². The molecule has 0 amide bonds. The quantitative estimate of drug-likeness (QED) is 0.858. The first-order valence-corrected chi connectivity index (χ1v) is 6.63. The van der Waals surface area contributed by atoms with Crippen molar-refractivity contribution in [2.45, 2.75) is 13.1 Å². The van der Waals surface area contributed by atoms with Crippen LogP contribution in [0.3, 0.4) is 0 Å². The van der Waals surface area contributed by atoms with Gasteiger partial charge in [0, 0.05) is 22.4 Å². The van der Waals surface area contributed by atoms with E-state index in [1.54, 1.807) is 17.6 Å². The third kappa shape index (κ3) is 3.74. The van der Waals surface area contributed by atoms with Crippen molar-refractivity contribution >= 4 is 11.3 Å². The zero-order valence-corrected chi connectivity index (χ0v) is 11.2. The van der Waals surface area contributed by atoms with Gasteiger partial charge in [-0.05, 0) is 25.2 Å². The third-order valence-electron chi connectivity index (χ3n) is 2.42. The molecule has 0 spiro atoms. The standard InChI is InChI=1S/C14H16N2OS/c1-16(9-13-5-3-7-17-13)10-14-8-12(11-18-14)4-2-6-15/h3,5,7-8,11H,6,9-10,15H2,1H3. The Morgan fingerprint density at radius 2 is 2.33 bits per heavy atom. The van der Waals surface area contributed by atoms with Gasteiger partial charge in [-0.1, -0.05) is 11.8 Å². The molecule has 0 atom stereocenters. The van der Waals surface area contributed by atoms with E-state index >= 15 is 0 Å². The summed E-state index contributed by atoms with van der Waals surface area (Å²) in [5.74, 6) is 6.89. The zero-order valence-electron chi connectivity index (χ0n) is 10.3. The number of rotatable bonds is 4. The van der Waals surface area contributed by atoms with E-state index in [0.717, 1.165) is 24.4 Å². The van der Waals surface area contributed by atoms with Crippen molar-refractivity contribution < 1.29 is 4.42 Å². The van der Waals surface area contributed by atoms with Gasteiger partial charge >= 0.3 is 0 Å². The molecular weight excluding hydrogens is 244 g/mol. The second-order valence-electron chi connectivity index (χ2n) is 4.06. The van der Waals surface area contributed by atoms with Gasteiger partial charge in [-0.25, -0.2) is 0 Å². The molecule has 0 fully saturated rings. The summed E-state index contributed by atoms with van der Waals surface area (Å²) in [6.07, 6.45) is 1.70. The maximum Gasteiger partial charge on any atom is 0.117 e. The molecule has 3 nitrogen and oxygen atoms in total. The van der Waals surface area contributed by atoms with E-state index in [4.69, 9.17) is 10.2 Å². The Morgan fingerprint density at radius 3 is 3.06 bits per heavy atom. The lowest BCUT2D eigenvalue weighted by Crippen LogP contribution is -2.15. The third-order valence-corrected chi connectivity index (χ3v) is 3.34. The second kappa shape index (κ2) is 6.41. The molecule has 2 heterocycles. The first kappa shape index (κ1) is 12.9. The Kier molecular flexibility index (Phi) is 4.59. The minimum atomic E-state index is 0.406. The van der Waals surface area contributed by atoms with E-state index in [-0.39, 0.29) is 0 Å². The normalized spacial score (nSPS) is 10.4. The Bertz CT molecular complexity index is 534. The van der Waals surface area contributed by atoms with E-state index in [9.17, 15) is 0 Å². The largest absolute Gasteiger partial charge is 0.468 e. The van der Waals surface area contributed by atoms with E-state index in [2.05, 4.69) is 35.2 Å². The smallest absolute Gasteiger partial charge is 0.117 e. The maximum absolute atomic E-state index is 5.35. The van der Waals surface area contributed by atoms with Gasteiger partial charge in [-0.3, -0.25) is 4.90 Å². The zero-order chi connectivity index (χ0) is 12.8. The fraction of sp³-hybridized carbons (Fsp3) is 0.286. The molecular formula is C14H16N2OS. The summed E-state index contributed by atoms with van der Waals surface area (Å²) in [7, 11) is 2.08. The molecule has 0 aliphatic heterocycles. The highest BCUT2D eigenvalue weighted by molar-refractivity contribution is 7.10. The molecule has 0 unspecified atom stereocenters. The minimum Gasteiger partial charge on any atom is -0.468 e. The molecule has 94 valence electrons. The van der Waals surface area contributed by atoms with E-state index < -0.39 is 0 Å². The Hall–Kier alpha value is -1.54. The van der Waals surface area contributed by atoms with Crippen LogP contribution in [0.4, 0.5) is 0 Å². The van der Waals surface area contributed by atoms with Crippen LogP contribution in [-0.2, 0) is 13.1 Å². The molecule has 0 aromatic carbocycles. The monoisotopic (exact) mass is 260 g/mol. The van der Waals surface area contributed by atoms with Gasteiger partial charge in [0.05, 0.1) is 19.4 Å². The second-order valence-corrected chi connectivity index (χ2v) is 5.06. The fourth-order valence-corrected chi connectivity index (χ4v) is 2.57. The van der Waals surface area contributed by atoms with Crippen LogP contribution in [0.15, 0.2) is 34.3 Å². The molecule has 2 rings (SSSR count). The summed E-state index contributed by atoms with van der Waals surface area (Å²) in [6.45, 7) is 2.12. The molecule has 4 heteroatoms. The summed E-state index contributed by atoms with van der Waals surface area (Å²) < 4.78 is 5.33. The van der Waals surface area contributed by atoms with Crippen molar-refractivity contribution in [2.24, 2.45) is 5.73 Å². The van der Waals surface area contributed by atoms with Crippen LogP contribution in [0.1, 0.15) is 16.2 Å². The Morgan fingerprint density at radius 1 is 1.44 bits per heavy atom. The van der Waals surface area contributed by atoms with E-state index in [1.807, 2.05) is 12.1 Å². The van der Waals surface area contributed by atoms with Gasteiger partial charge in [0.15, 0.2) is 0 Å². The molecule has 0 bridgehead atoms. The van der Waals surface area contributed by atoms with Gasteiger partial charge in [-0.2, -0.15) is 0 Å². The van der Waals surface area contributed by atoms with Crippen molar-refractivity contribution in [3.8, 4) is 11.8 Å². The number of nitrogens with two attached hydrogens (primary N) is 1. The lowest BCUT2D eigenvalue weighted by molar-refractivity contribution is 0.290. The topological polar surface area (TPSA) is 42.4 Å². The number of nitrogens with zero attached hydrogens (tertiary/aromatic N) is 1. The van der Waals surface area contributed by atoms with E-state index in [1.165, 1.54) is 4.88 Å². The number of furan rings is 1. The van der Waals surface area contributed by atoms with E-state index in [0.29, 0.717) is 6.54 Å². The van der Waals surface area contributed by atoms with Crippen LogP contribution < -0.4 is 5.73 Å². The summed E-state index contributed by atoms with van der Waals surface area (Å²) in [4.78, 5) is 3.51. The van der Waals surface area contributed by atoms with Crippen LogP contribution in [0, 0.1) is 11.8 Å². The fourth-order valence-electron chi connectivity index (χ4n) is 1.67. The van der Waals surface area contributed by atoms with Crippen LogP contribution in [0.2, 0.25) is 0 Å². The molecule has 2 aromatic rings. The Balaban J connectivity index is 1.90. The molecule has 0 saturated carbocycles. The highest BCUT2D eigenvalue weighted by atomic mass is 32.1. The van der Waals surface area contributed by atoms with Crippen molar-refractivity contribution in [1.82, 2.24) is 4.90 Å². The molecule has 2 N–H and O–H groups in total. The lowest BCUT2D eigenvalue weighted by atomic mass is 10.3. The van der Waals surface area contributed by atoms with Crippen molar-refractivity contribution in [3.63, 3.8) is 0 Å². The summed E-state index contributed by atoms with van der Waals surface area (Å²) >= 11 is 1.73. The molecule has 0 saturated heterocycles. The predicted molar refractivity (Wildman–Crippen MR) is 74.1 cm³/mol. The van der Waals surface area contributed by atoms with Gasteiger partial charge in [-0.15, -0.1) is 11.3 Å². The highest BCUT2D eigenvalue weighted by Crippen LogP contribution is 2.16. The minimum absolute atomic E-state index is 0.406. The number of hydrogen-bond donors (Lipinski definition) is 1. The Labute approximate surface area is 111 Å². The molecule has 0 aliphatic carbocycles. The first-order chi connectivity index (χ1) is 8.78. The molecule has 0 aliphatic rings. The summed E-state index contributed by atoms with van der Waals surface area (Å²) in [6, 6.07) is 6.02. The van der Waals surface area contributed by atoms with Crippen molar-refractivity contribution in [2.75, 3.05) is 13.6 Å². The maximum atomic E-state index is 5.35. The first-order valence-electron chi connectivity index (χ1n) is 5.75. The molecule has 2 aromatic heterocycles. The lowest BCUT2D eigenvalue weighted by Gasteiger charge is -2.13. The highest BCUT2D eigenvalue weighted by Gasteiger charge is 2.05. The van der Waals surface area contributed by atoms with Gasteiger partial charge in [0.2, 0.25) is 0 Å². The number of thiophene rings is 1. The average Bonchev–Trinajstić information content (AvgIpc) is 2.98. The summed E-state index contributed by atoms with van der Waals surface area (Å²) in [5.41, 5.74) is 6.40. The molecule has 18 heavy (non-hydrogen) atoms. The van der Waals surface area contributed by atoms with Gasteiger partial charge < -0.3 is 10.2 Å². The number of hydrogen-bond acceptors (Lipinski definition) is 4. The van der Waals surface area contributed by atoms with Crippen LogP contribution in [0.5, 0.6) is 0 Å². The van der Waals surface area contributed by atoms with Gasteiger partial charge in [0.25, 0.3) is 0 Å². The summed E-state index contributed by atoms with van der Waals surface area (Å²) in [5, 5.41) is 2.07. The molecule has 0 radical (unpaired) electrons. The SMILES string of the molecule is CN(Cc1ccco1)Cc1cc(C#CCN)cs1. The van der Waals surface area contributed by atoms with Gasteiger partial charge in [0.1, 0.15) is 5.76 Å².